The standard InChI is InChI=1S/C35H53N5O6/c1-8-22(9-2)26(28(41)23-13-11-10-12-14-23)38-34(46)39-30(35(5,6)7)33(45)40-18-17-24(20(3)4)27(40)32(44)37-25(19-21-15-16-21)29(42)31(36)43/h10-14,20-22,24-27,30H,8-9,15-19H2,1-7H3,(H2,36,43)(H,37,44)(H2,38,39,46)/t24?,25?,26-,27-,30+/m0/s1. The van der Waals surface area contributed by atoms with Crippen molar-refractivity contribution in [3.63, 3.8) is 0 Å². The van der Waals surface area contributed by atoms with E-state index in [1.807, 2.05) is 54.5 Å². The van der Waals surface area contributed by atoms with Crippen LogP contribution >= 0.6 is 0 Å². The van der Waals surface area contributed by atoms with Gasteiger partial charge in [-0.05, 0) is 41.9 Å². The molecule has 1 aromatic carbocycles. The second-order valence-electron chi connectivity index (χ2n) is 14.3. The fraction of sp³-hybridized carbons (Fsp3) is 0.657. The Bertz CT molecular complexity index is 1270. The first-order valence-corrected chi connectivity index (χ1v) is 16.7. The number of nitrogens with two attached hydrogens (primary N) is 1. The van der Waals surface area contributed by atoms with Gasteiger partial charge in [0.2, 0.25) is 17.6 Å². The molecule has 2 unspecified atom stereocenters. The number of ketones is 2. The van der Waals surface area contributed by atoms with E-state index in [1.54, 1.807) is 24.3 Å². The van der Waals surface area contributed by atoms with Gasteiger partial charge in [0.1, 0.15) is 12.1 Å². The molecule has 1 heterocycles. The van der Waals surface area contributed by atoms with Crippen LogP contribution in [0.4, 0.5) is 4.79 Å². The number of primary amides is 1. The number of nitrogens with one attached hydrogen (secondary N) is 3. The van der Waals surface area contributed by atoms with Crippen molar-refractivity contribution in [1.82, 2.24) is 20.9 Å². The number of rotatable bonds is 15. The topological polar surface area (TPSA) is 168 Å². The van der Waals surface area contributed by atoms with Gasteiger partial charge in [-0.15, -0.1) is 0 Å². The average Bonchev–Trinajstić information content (AvgIpc) is 3.71. The molecule has 5 atom stereocenters. The number of Topliss-reactive ketones (excluding diaryl/α,β-unsaturated/α-hetero) is 2. The molecule has 0 spiro atoms. The fourth-order valence-electron chi connectivity index (χ4n) is 6.51. The molecule has 11 heteroatoms. The summed E-state index contributed by atoms with van der Waals surface area (Å²) in [7, 11) is 0. The van der Waals surface area contributed by atoms with Crippen LogP contribution in [-0.4, -0.2) is 70.9 Å². The molecule has 11 nitrogen and oxygen atoms in total. The van der Waals surface area contributed by atoms with Crippen LogP contribution in [0.5, 0.6) is 0 Å². The molecule has 5 N–H and O–H groups in total. The minimum atomic E-state index is -1.11. The summed E-state index contributed by atoms with van der Waals surface area (Å²) in [5.41, 5.74) is 5.03. The molecule has 1 saturated heterocycles. The van der Waals surface area contributed by atoms with Crippen molar-refractivity contribution >= 4 is 35.3 Å². The van der Waals surface area contributed by atoms with Crippen molar-refractivity contribution in [2.45, 2.75) is 111 Å². The summed E-state index contributed by atoms with van der Waals surface area (Å²) in [6.45, 7) is 13.7. The Morgan fingerprint density at radius 1 is 0.913 bits per heavy atom. The van der Waals surface area contributed by atoms with Gasteiger partial charge < -0.3 is 26.6 Å². The van der Waals surface area contributed by atoms with Crippen molar-refractivity contribution in [2.24, 2.45) is 34.8 Å². The first-order valence-electron chi connectivity index (χ1n) is 16.7. The largest absolute Gasteiger partial charge is 0.363 e. The van der Waals surface area contributed by atoms with Crippen molar-refractivity contribution in [3.8, 4) is 0 Å². The van der Waals surface area contributed by atoms with Crippen LogP contribution in [0, 0.1) is 29.1 Å². The Kier molecular flexibility index (Phi) is 12.5. The fourth-order valence-corrected chi connectivity index (χ4v) is 6.51. The van der Waals surface area contributed by atoms with Gasteiger partial charge in [0.15, 0.2) is 5.78 Å². The van der Waals surface area contributed by atoms with Crippen molar-refractivity contribution in [3.05, 3.63) is 35.9 Å². The van der Waals surface area contributed by atoms with Crippen molar-refractivity contribution in [1.29, 1.82) is 0 Å². The van der Waals surface area contributed by atoms with Crippen LogP contribution in [0.25, 0.3) is 0 Å². The number of carbonyl (C=O) groups excluding carboxylic acids is 6. The van der Waals surface area contributed by atoms with Crippen LogP contribution < -0.4 is 21.7 Å². The summed E-state index contributed by atoms with van der Waals surface area (Å²) in [5.74, 6) is -3.14. The molecule has 1 aliphatic carbocycles. The van der Waals surface area contributed by atoms with Gasteiger partial charge in [0.05, 0.1) is 12.1 Å². The number of urea groups is 1. The van der Waals surface area contributed by atoms with Crippen LogP contribution in [0.15, 0.2) is 30.3 Å². The van der Waals surface area contributed by atoms with E-state index in [9.17, 15) is 28.8 Å². The summed E-state index contributed by atoms with van der Waals surface area (Å²) in [6, 6.07) is 4.38. The SMILES string of the molecule is CCC(CC)[C@H](NC(=O)N[C@H](C(=O)N1CCC(C(C)C)[C@H]1C(=O)NC(CC1CC1)C(=O)C(N)=O)C(C)(C)C)C(=O)c1ccccc1. The predicted molar refractivity (Wildman–Crippen MR) is 175 cm³/mol. The number of hydrogen-bond acceptors (Lipinski definition) is 6. The molecule has 2 aliphatic rings. The average molecular weight is 640 g/mol. The number of nitrogens with zero attached hydrogens (tertiary/aromatic N) is 1. The number of benzene rings is 1. The van der Waals surface area contributed by atoms with Gasteiger partial charge in [0, 0.05) is 12.1 Å². The van der Waals surface area contributed by atoms with Crippen LogP contribution in [0.2, 0.25) is 0 Å². The maximum absolute atomic E-state index is 14.3. The Labute approximate surface area is 273 Å². The molecule has 1 saturated carbocycles. The molecular weight excluding hydrogens is 586 g/mol. The first-order chi connectivity index (χ1) is 21.6. The summed E-state index contributed by atoms with van der Waals surface area (Å²) in [6.07, 6.45) is 4.05. The number of amides is 5. The second kappa shape index (κ2) is 15.7. The van der Waals surface area contributed by atoms with Gasteiger partial charge >= 0.3 is 6.03 Å². The first kappa shape index (κ1) is 36.7. The molecule has 1 aromatic rings. The van der Waals surface area contributed by atoms with Gasteiger partial charge in [0.25, 0.3) is 5.91 Å². The van der Waals surface area contributed by atoms with E-state index < -0.39 is 59.1 Å². The third-order valence-corrected chi connectivity index (χ3v) is 9.53. The number of likely N-dealkylation sites (tertiary alicyclic amines) is 1. The number of carbonyl (C=O) groups is 6. The number of hydrogen-bond donors (Lipinski definition) is 4. The zero-order valence-electron chi connectivity index (χ0n) is 28.4. The Morgan fingerprint density at radius 3 is 2.02 bits per heavy atom. The zero-order chi connectivity index (χ0) is 34.3. The van der Waals surface area contributed by atoms with E-state index in [0.717, 1.165) is 12.8 Å². The molecular formula is C35H53N5O6. The van der Waals surface area contributed by atoms with Gasteiger partial charge in [-0.25, -0.2) is 4.79 Å². The second-order valence-corrected chi connectivity index (χ2v) is 14.3. The molecule has 2 fully saturated rings. The van der Waals surface area contributed by atoms with E-state index >= 15 is 0 Å². The van der Waals surface area contributed by atoms with Gasteiger partial charge in [-0.2, -0.15) is 0 Å². The molecule has 3 rings (SSSR count). The normalized spacial score (nSPS) is 20.2. The Hall–Kier alpha value is -3.76. The highest BCUT2D eigenvalue weighted by Gasteiger charge is 2.48. The third-order valence-electron chi connectivity index (χ3n) is 9.53. The van der Waals surface area contributed by atoms with E-state index in [4.69, 9.17) is 5.73 Å². The smallest absolute Gasteiger partial charge is 0.316 e. The molecule has 0 bridgehead atoms. The van der Waals surface area contributed by atoms with Crippen LogP contribution in [0.1, 0.15) is 97.3 Å². The van der Waals surface area contributed by atoms with Gasteiger partial charge in [-0.3, -0.25) is 24.0 Å². The lowest BCUT2D eigenvalue weighted by atomic mass is 9.84. The maximum atomic E-state index is 14.3. The highest BCUT2D eigenvalue weighted by atomic mass is 16.2. The predicted octanol–water partition coefficient (Wildman–Crippen LogP) is 3.60. The quantitative estimate of drug-likeness (QED) is 0.169. The zero-order valence-corrected chi connectivity index (χ0v) is 28.4. The Morgan fingerprint density at radius 2 is 1.52 bits per heavy atom. The highest BCUT2D eigenvalue weighted by Crippen LogP contribution is 2.35. The van der Waals surface area contributed by atoms with E-state index in [1.165, 1.54) is 4.90 Å². The Balaban J connectivity index is 1.86. The minimum Gasteiger partial charge on any atom is -0.363 e. The molecule has 46 heavy (non-hydrogen) atoms. The van der Waals surface area contributed by atoms with E-state index in [2.05, 4.69) is 16.0 Å². The van der Waals surface area contributed by atoms with E-state index in [0.29, 0.717) is 31.2 Å². The molecule has 1 aliphatic heterocycles. The summed E-state index contributed by atoms with van der Waals surface area (Å²) < 4.78 is 0. The van der Waals surface area contributed by atoms with Crippen LogP contribution in [-0.2, 0) is 19.2 Å². The van der Waals surface area contributed by atoms with Crippen molar-refractivity contribution in [2.75, 3.05) is 6.54 Å². The lowest BCUT2D eigenvalue weighted by molar-refractivity contribution is -0.144. The van der Waals surface area contributed by atoms with E-state index in [-0.39, 0.29) is 36.0 Å². The summed E-state index contributed by atoms with van der Waals surface area (Å²) in [4.78, 5) is 81.1. The summed E-state index contributed by atoms with van der Waals surface area (Å²) >= 11 is 0. The van der Waals surface area contributed by atoms with Gasteiger partial charge in [-0.1, -0.05) is 104 Å². The third kappa shape index (κ3) is 9.16. The summed E-state index contributed by atoms with van der Waals surface area (Å²) in [5, 5.41) is 8.47. The molecule has 254 valence electrons. The lowest BCUT2D eigenvalue weighted by Crippen LogP contribution is -2.62. The minimum absolute atomic E-state index is 0.0383. The van der Waals surface area contributed by atoms with Crippen LogP contribution in [0.3, 0.4) is 0 Å². The molecule has 0 radical (unpaired) electrons. The monoisotopic (exact) mass is 639 g/mol. The maximum Gasteiger partial charge on any atom is 0.316 e. The van der Waals surface area contributed by atoms with Crippen molar-refractivity contribution < 1.29 is 28.8 Å². The highest BCUT2D eigenvalue weighted by molar-refractivity contribution is 6.37. The molecule has 5 amide bonds. The molecule has 0 aromatic heterocycles. The lowest BCUT2D eigenvalue weighted by Gasteiger charge is -2.37.